The Hall–Kier alpha value is -2.63. The number of amides is 1. The molecule has 1 fully saturated rings. The summed E-state index contributed by atoms with van der Waals surface area (Å²) in [6.45, 7) is 0.810. The van der Waals surface area contributed by atoms with Crippen molar-refractivity contribution in [3.8, 4) is 0 Å². The number of rotatable bonds is 3. The highest BCUT2D eigenvalue weighted by atomic mass is 16.2. The monoisotopic (exact) mass is 309 g/mol. The van der Waals surface area contributed by atoms with Gasteiger partial charge in [0.1, 0.15) is 0 Å². The third-order valence-electron chi connectivity index (χ3n) is 4.55. The summed E-state index contributed by atoms with van der Waals surface area (Å²) in [6.07, 6.45) is 6.26. The third-order valence-corrected chi connectivity index (χ3v) is 4.55. The van der Waals surface area contributed by atoms with Crippen molar-refractivity contribution in [1.29, 1.82) is 0 Å². The zero-order valence-corrected chi connectivity index (χ0v) is 13.1. The summed E-state index contributed by atoms with van der Waals surface area (Å²) >= 11 is 0. The van der Waals surface area contributed by atoms with Crippen LogP contribution in [0.15, 0.2) is 36.7 Å². The van der Waals surface area contributed by atoms with E-state index in [9.17, 15) is 4.79 Å². The molecule has 0 aliphatic carbocycles. The Balaban J connectivity index is 1.56. The molecule has 1 aliphatic heterocycles. The van der Waals surface area contributed by atoms with Crippen LogP contribution < -0.4 is 0 Å². The fraction of sp³-hybridized carbons (Fsp3) is 0.353. The number of aromatic amines is 1. The topological polar surface area (TPSA) is 66.8 Å². The minimum absolute atomic E-state index is 0.144. The molecule has 1 aromatic carbocycles. The maximum Gasteiger partial charge on any atom is 0.229 e. The van der Waals surface area contributed by atoms with Gasteiger partial charge in [0.05, 0.1) is 29.9 Å². The van der Waals surface area contributed by atoms with Crippen LogP contribution in [-0.2, 0) is 18.3 Å². The van der Waals surface area contributed by atoms with Gasteiger partial charge in [-0.1, -0.05) is 18.2 Å². The molecule has 1 saturated heterocycles. The molecule has 2 aromatic heterocycles. The number of H-pyrrole nitrogens is 1. The van der Waals surface area contributed by atoms with Gasteiger partial charge in [-0.25, -0.2) is 0 Å². The lowest BCUT2D eigenvalue weighted by Crippen LogP contribution is -2.31. The van der Waals surface area contributed by atoms with Gasteiger partial charge >= 0.3 is 0 Å². The van der Waals surface area contributed by atoms with Gasteiger partial charge in [-0.3, -0.25) is 14.6 Å². The molecule has 0 saturated carbocycles. The van der Waals surface area contributed by atoms with E-state index >= 15 is 0 Å². The van der Waals surface area contributed by atoms with Crippen LogP contribution in [0.25, 0.3) is 10.9 Å². The minimum atomic E-state index is 0.144. The lowest BCUT2D eigenvalue weighted by atomic mass is 10.1. The number of carbonyl (C=O) groups is 1. The maximum atomic E-state index is 12.8. The molecule has 6 nitrogen and oxygen atoms in total. The van der Waals surface area contributed by atoms with Crippen LogP contribution in [0.4, 0.5) is 0 Å². The van der Waals surface area contributed by atoms with Gasteiger partial charge in [-0.05, 0) is 18.9 Å². The average Bonchev–Trinajstić information content (AvgIpc) is 3.26. The molecule has 0 bridgehead atoms. The lowest BCUT2D eigenvalue weighted by molar-refractivity contribution is -0.131. The van der Waals surface area contributed by atoms with Gasteiger partial charge in [-0.15, -0.1) is 0 Å². The Kier molecular flexibility index (Phi) is 3.37. The van der Waals surface area contributed by atoms with Gasteiger partial charge in [0.15, 0.2) is 0 Å². The van der Waals surface area contributed by atoms with E-state index in [1.54, 1.807) is 4.68 Å². The normalized spacial score (nSPS) is 18.0. The van der Waals surface area contributed by atoms with Crippen LogP contribution in [0.1, 0.15) is 30.1 Å². The number of aromatic nitrogens is 4. The number of likely N-dealkylation sites (tertiary alicyclic amines) is 1. The molecule has 23 heavy (non-hydrogen) atoms. The molecule has 3 heterocycles. The van der Waals surface area contributed by atoms with Crippen LogP contribution in [0.5, 0.6) is 0 Å². The number of fused-ring (bicyclic) bond motifs is 1. The van der Waals surface area contributed by atoms with Gasteiger partial charge in [0, 0.05) is 30.7 Å². The number of para-hydroxylation sites is 1. The number of hydrogen-bond donors (Lipinski definition) is 1. The fourth-order valence-corrected chi connectivity index (χ4v) is 3.43. The van der Waals surface area contributed by atoms with E-state index in [2.05, 4.69) is 15.3 Å². The summed E-state index contributed by atoms with van der Waals surface area (Å²) in [5, 5.41) is 12.5. The molecule has 1 amide bonds. The van der Waals surface area contributed by atoms with Crippen LogP contribution in [-0.4, -0.2) is 37.3 Å². The Morgan fingerprint density at radius 3 is 3.09 bits per heavy atom. The quantitative estimate of drug-likeness (QED) is 0.806. The van der Waals surface area contributed by atoms with E-state index in [0.717, 1.165) is 41.5 Å². The van der Waals surface area contributed by atoms with Crippen molar-refractivity contribution < 1.29 is 4.79 Å². The Labute approximate surface area is 134 Å². The van der Waals surface area contributed by atoms with Crippen molar-refractivity contribution in [2.75, 3.05) is 6.54 Å². The summed E-state index contributed by atoms with van der Waals surface area (Å²) in [5.74, 6) is 0.144. The molecule has 1 atom stereocenters. The first-order chi connectivity index (χ1) is 11.2. The second-order valence-corrected chi connectivity index (χ2v) is 6.09. The Bertz CT molecular complexity index is 849. The van der Waals surface area contributed by atoms with Gasteiger partial charge in [0.25, 0.3) is 0 Å². The fourth-order valence-electron chi connectivity index (χ4n) is 3.43. The number of nitrogens with zero attached hydrogens (tertiary/aromatic N) is 4. The summed E-state index contributed by atoms with van der Waals surface area (Å²) in [5.41, 5.74) is 2.91. The summed E-state index contributed by atoms with van der Waals surface area (Å²) in [4.78, 5) is 14.8. The number of carbonyl (C=O) groups excluding carboxylic acids is 1. The van der Waals surface area contributed by atoms with Gasteiger partial charge in [0.2, 0.25) is 5.91 Å². The SMILES string of the molecule is Cn1cc([C@@H]2CCCN2C(=O)Cc2[nH]nc3ccccc23)cn1. The van der Waals surface area contributed by atoms with Gasteiger partial charge in [-0.2, -0.15) is 10.2 Å². The first kappa shape index (κ1) is 14.0. The maximum absolute atomic E-state index is 12.8. The van der Waals surface area contributed by atoms with E-state index in [-0.39, 0.29) is 11.9 Å². The zero-order valence-electron chi connectivity index (χ0n) is 13.1. The molecular formula is C17H19N5O. The van der Waals surface area contributed by atoms with Crippen molar-refractivity contribution in [3.63, 3.8) is 0 Å². The van der Waals surface area contributed by atoms with Crippen LogP contribution >= 0.6 is 0 Å². The molecule has 4 rings (SSSR count). The standard InChI is InChI=1S/C17H19N5O/c1-21-11-12(10-18-21)16-7-4-8-22(16)17(23)9-15-13-5-2-3-6-14(13)19-20-15/h2-3,5-6,10-11,16H,4,7-9H2,1H3,(H,19,20)/t16-/m0/s1. The molecule has 0 radical (unpaired) electrons. The minimum Gasteiger partial charge on any atom is -0.335 e. The van der Waals surface area contributed by atoms with Crippen molar-refractivity contribution in [2.45, 2.75) is 25.3 Å². The van der Waals surface area contributed by atoms with Crippen LogP contribution in [0.3, 0.4) is 0 Å². The molecule has 118 valence electrons. The average molecular weight is 309 g/mol. The summed E-state index contributed by atoms with van der Waals surface area (Å²) < 4.78 is 1.79. The van der Waals surface area contributed by atoms with Crippen LogP contribution in [0, 0.1) is 0 Å². The van der Waals surface area contributed by atoms with Gasteiger partial charge < -0.3 is 4.90 Å². The predicted octanol–water partition coefficient (Wildman–Crippen LogP) is 2.20. The highest BCUT2D eigenvalue weighted by molar-refractivity contribution is 5.87. The first-order valence-electron chi connectivity index (χ1n) is 7.92. The molecule has 0 spiro atoms. The zero-order chi connectivity index (χ0) is 15.8. The predicted molar refractivity (Wildman–Crippen MR) is 86.7 cm³/mol. The van der Waals surface area contributed by atoms with E-state index in [1.165, 1.54) is 0 Å². The number of benzene rings is 1. The number of aryl methyl sites for hydroxylation is 1. The molecule has 1 aliphatic rings. The van der Waals surface area contributed by atoms with Crippen molar-refractivity contribution in [3.05, 3.63) is 47.9 Å². The molecular weight excluding hydrogens is 290 g/mol. The second-order valence-electron chi connectivity index (χ2n) is 6.09. The van der Waals surface area contributed by atoms with Crippen LogP contribution in [0.2, 0.25) is 0 Å². The highest BCUT2D eigenvalue weighted by Crippen LogP contribution is 2.32. The molecule has 6 heteroatoms. The Morgan fingerprint density at radius 1 is 1.39 bits per heavy atom. The van der Waals surface area contributed by atoms with E-state index in [1.807, 2.05) is 48.6 Å². The van der Waals surface area contributed by atoms with Crippen molar-refractivity contribution in [2.24, 2.45) is 7.05 Å². The Morgan fingerprint density at radius 2 is 2.26 bits per heavy atom. The summed E-state index contributed by atoms with van der Waals surface area (Å²) in [7, 11) is 1.90. The smallest absolute Gasteiger partial charge is 0.229 e. The molecule has 0 unspecified atom stereocenters. The largest absolute Gasteiger partial charge is 0.335 e. The number of nitrogens with one attached hydrogen (secondary N) is 1. The van der Waals surface area contributed by atoms with E-state index in [4.69, 9.17) is 0 Å². The summed E-state index contributed by atoms with van der Waals surface area (Å²) in [6, 6.07) is 8.02. The third kappa shape index (κ3) is 2.50. The molecule has 3 aromatic rings. The molecule has 1 N–H and O–H groups in total. The van der Waals surface area contributed by atoms with Crippen molar-refractivity contribution in [1.82, 2.24) is 24.9 Å². The van der Waals surface area contributed by atoms with Crippen molar-refractivity contribution >= 4 is 16.8 Å². The first-order valence-corrected chi connectivity index (χ1v) is 7.92. The highest BCUT2D eigenvalue weighted by Gasteiger charge is 2.31. The second kappa shape index (κ2) is 5.53. The van der Waals surface area contributed by atoms with E-state index in [0.29, 0.717) is 6.42 Å². The lowest BCUT2D eigenvalue weighted by Gasteiger charge is -2.23. The number of hydrogen-bond acceptors (Lipinski definition) is 3. The van der Waals surface area contributed by atoms with E-state index < -0.39 is 0 Å².